The number of thioether (sulfide) groups is 1. The zero-order valence-corrected chi connectivity index (χ0v) is 10.1. The Labute approximate surface area is 90.5 Å². The summed E-state index contributed by atoms with van der Waals surface area (Å²) in [5, 5.41) is 9.38. The van der Waals surface area contributed by atoms with Crippen LogP contribution in [0.5, 0.6) is 0 Å². The fourth-order valence-corrected chi connectivity index (χ4v) is 2.22. The van der Waals surface area contributed by atoms with Crippen molar-refractivity contribution in [2.24, 2.45) is 0 Å². The van der Waals surface area contributed by atoms with Gasteiger partial charge in [-0.05, 0) is 56.2 Å². The summed E-state index contributed by atoms with van der Waals surface area (Å²) in [7, 11) is 0. The average Bonchev–Trinajstić information content (AvgIpc) is 2.10. The summed E-state index contributed by atoms with van der Waals surface area (Å²) in [6, 6.07) is 4.39. The Morgan fingerprint density at radius 1 is 1.29 bits per heavy atom. The summed E-state index contributed by atoms with van der Waals surface area (Å²) < 4.78 is 0. The molecule has 1 rings (SSSR count). The van der Waals surface area contributed by atoms with Gasteiger partial charge in [0.2, 0.25) is 0 Å². The predicted octanol–water partition coefficient (Wildman–Crippen LogP) is 2.95. The topological polar surface area (TPSA) is 20.2 Å². The van der Waals surface area contributed by atoms with Crippen molar-refractivity contribution in [3.05, 3.63) is 28.8 Å². The van der Waals surface area contributed by atoms with Crippen molar-refractivity contribution >= 4 is 11.8 Å². The molecular weight excluding hydrogens is 192 g/mol. The fraction of sp³-hybridized carbons (Fsp3) is 0.500. The predicted molar refractivity (Wildman–Crippen MR) is 63.1 cm³/mol. The highest BCUT2D eigenvalue weighted by atomic mass is 32.2. The van der Waals surface area contributed by atoms with E-state index >= 15 is 0 Å². The van der Waals surface area contributed by atoms with Crippen LogP contribution in [0, 0.1) is 13.8 Å². The van der Waals surface area contributed by atoms with Gasteiger partial charge in [-0.2, -0.15) is 0 Å². The first-order valence-electron chi connectivity index (χ1n) is 4.86. The molecule has 0 aliphatic rings. The van der Waals surface area contributed by atoms with E-state index in [0.29, 0.717) is 0 Å². The molecule has 1 aromatic rings. The van der Waals surface area contributed by atoms with Crippen molar-refractivity contribution in [3.63, 3.8) is 0 Å². The third-order valence-electron chi connectivity index (χ3n) is 2.41. The largest absolute Gasteiger partial charge is 0.393 e. The van der Waals surface area contributed by atoms with E-state index < -0.39 is 0 Å². The van der Waals surface area contributed by atoms with E-state index in [1.807, 2.05) is 6.92 Å². The van der Waals surface area contributed by atoms with Crippen molar-refractivity contribution in [3.8, 4) is 0 Å². The smallest absolute Gasteiger partial charge is 0.0552 e. The van der Waals surface area contributed by atoms with Crippen molar-refractivity contribution < 1.29 is 5.11 Å². The number of aliphatic hydroxyl groups excluding tert-OH is 1. The first-order chi connectivity index (χ1) is 6.54. The van der Waals surface area contributed by atoms with E-state index in [4.69, 9.17) is 0 Å². The van der Waals surface area contributed by atoms with Gasteiger partial charge in [0, 0.05) is 4.90 Å². The number of aryl methyl sites for hydroxylation is 2. The fourth-order valence-electron chi connectivity index (χ4n) is 1.52. The maximum absolute atomic E-state index is 9.38. The second-order valence-corrected chi connectivity index (χ2v) is 4.65. The monoisotopic (exact) mass is 210 g/mol. The van der Waals surface area contributed by atoms with Gasteiger partial charge in [0.1, 0.15) is 0 Å². The number of hydrogen-bond acceptors (Lipinski definition) is 2. The minimum Gasteiger partial charge on any atom is -0.393 e. The Bertz CT molecular complexity index is 318. The Morgan fingerprint density at radius 2 is 1.86 bits per heavy atom. The maximum atomic E-state index is 9.38. The lowest BCUT2D eigenvalue weighted by Crippen LogP contribution is -2.05. The van der Waals surface area contributed by atoms with Crippen LogP contribution in [0.3, 0.4) is 0 Å². The molecule has 78 valence electrons. The second-order valence-electron chi connectivity index (χ2n) is 3.80. The zero-order chi connectivity index (χ0) is 10.7. The molecule has 2 heteroatoms. The lowest BCUT2D eigenvalue weighted by atomic mass is 10.0. The summed E-state index contributed by atoms with van der Waals surface area (Å²) in [5.74, 6) is 0. The van der Waals surface area contributed by atoms with E-state index in [-0.39, 0.29) is 6.10 Å². The Hall–Kier alpha value is -0.470. The second kappa shape index (κ2) is 4.85. The molecule has 0 radical (unpaired) electrons. The molecule has 0 aromatic heterocycles. The number of hydrogen-bond donors (Lipinski definition) is 1. The molecular formula is C12H18OS. The van der Waals surface area contributed by atoms with Gasteiger partial charge in [0.15, 0.2) is 0 Å². The van der Waals surface area contributed by atoms with Crippen LogP contribution in [0.15, 0.2) is 17.0 Å². The van der Waals surface area contributed by atoms with Crippen LogP contribution in [0.2, 0.25) is 0 Å². The van der Waals surface area contributed by atoms with Crippen LogP contribution in [-0.4, -0.2) is 17.5 Å². The van der Waals surface area contributed by atoms with Crippen molar-refractivity contribution in [2.75, 3.05) is 6.26 Å². The first kappa shape index (κ1) is 11.6. The van der Waals surface area contributed by atoms with Gasteiger partial charge < -0.3 is 5.11 Å². The quantitative estimate of drug-likeness (QED) is 0.774. The highest BCUT2D eigenvalue weighted by Gasteiger charge is 2.07. The average molecular weight is 210 g/mol. The minimum absolute atomic E-state index is 0.261. The summed E-state index contributed by atoms with van der Waals surface area (Å²) in [4.78, 5) is 1.29. The van der Waals surface area contributed by atoms with Crippen LogP contribution >= 0.6 is 11.8 Å². The molecule has 0 aliphatic heterocycles. The van der Waals surface area contributed by atoms with Gasteiger partial charge in [0.05, 0.1) is 6.10 Å². The highest BCUT2D eigenvalue weighted by Crippen LogP contribution is 2.25. The van der Waals surface area contributed by atoms with Crippen molar-refractivity contribution in [2.45, 2.75) is 38.2 Å². The summed E-state index contributed by atoms with van der Waals surface area (Å²) in [6.45, 7) is 6.07. The molecule has 0 fully saturated rings. The molecule has 0 spiro atoms. The van der Waals surface area contributed by atoms with E-state index in [2.05, 4.69) is 32.2 Å². The summed E-state index contributed by atoms with van der Waals surface area (Å²) >= 11 is 1.75. The molecule has 0 saturated carbocycles. The van der Waals surface area contributed by atoms with Crippen LogP contribution in [-0.2, 0) is 6.42 Å². The summed E-state index contributed by atoms with van der Waals surface area (Å²) in [6.07, 6.45) is 2.57. The van der Waals surface area contributed by atoms with Crippen LogP contribution in [0.25, 0.3) is 0 Å². The molecule has 1 nitrogen and oxygen atoms in total. The SMILES string of the molecule is CSc1cc(C)c(C)cc1CC(C)O. The summed E-state index contributed by atoms with van der Waals surface area (Å²) in [5.41, 5.74) is 3.89. The zero-order valence-electron chi connectivity index (χ0n) is 9.29. The van der Waals surface area contributed by atoms with E-state index in [1.165, 1.54) is 21.6 Å². The standard InChI is InChI=1S/C12H18OS/c1-8-5-11(7-10(3)13)12(14-4)6-9(8)2/h5-6,10,13H,7H2,1-4H3. The first-order valence-corrected chi connectivity index (χ1v) is 6.09. The van der Waals surface area contributed by atoms with Crippen molar-refractivity contribution in [1.82, 2.24) is 0 Å². The molecule has 0 aliphatic carbocycles. The van der Waals surface area contributed by atoms with Gasteiger partial charge in [-0.25, -0.2) is 0 Å². The number of benzene rings is 1. The lowest BCUT2D eigenvalue weighted by molar-refractivity contribution is 0.194. The minimum atomic E-state index is -0.261. The van der Waals surface area contributed by atoms with E-state index in [1.54, 1.807) is 11.8 Å². The van der Waals surface area contributed by atoms with Crippen LogP contribution in [0.4, 0.5) is 0 Å². The maximum Gasteiger partial charge on any atom is 0.0552 e. The Balaban J connectivity index is 3.07. The molecule has 0 amide bonds. The van der Waals surface area contributed by atoms with Gasteiger partial charge >= 0.3 is 0 Å². The third-order valence-corrected chi connectivity index (χ3v) is 3.23. The number of rotatable bonds is 3. The molecule has 1 atom stereocenters. The normalized spacial score (nSPS) is 12.9. The highest BCUT2D eigenvalue weighted by molar-refractivity contribution is 7.98. The molecule has 0 heterocycles. The van der Waals surface area contributed by atoms with Gasteiger partial charge in [-0.15, -0.1) is 11.8 Å². The molecule has 14 heavy (non-hydrogen) atoms. The van der Waals surface area contributed by atoms with Gasteiger partial charge in [0.25, 0.3) is 0 Å². The van der Waals surface area contributed by atoms with E-state index in [9.17, 15) is 5.11 Å². The Kier molecular flexibility index (Phi) is 4.02. The van der Waals surface area contributed by atoms with E-state index in [0.717, 1.165) is 6.42 Å². The molecule has 1 N–H and O–H groups in total. The third kappa shape index (κ3) is 2.76. The van der Waals surface area contributed by atoms with Crippen LogP contribution in [0.1, 0.15) is 23.6 Å². The van der Waals surface area contributed by atoms with Crippen molar-refractivity contribution in [1.29, 1.82) is 0 Å². The van der Waals surface area contributed by atoms with Crippen LogP contribution < -0.4 is 0 Å². The molecule has 0 saturated heterocycles. The van der Waals surface area contributed by atoms with Gasteiger partial charge in [-0.1, -0.05) is 6.07 Å². The lowest BCUT2D eigenvalue weighted by Gasteiger charge is -2.12. The molecule has 1 aromatic carbocycles. The van der Waals surface area contributed by atoms with Gasteiger partial charge in [-0.3, -0.25) is 0 Å². The molecule has 1 unspecified atom stereocenters. The molecule has 0 bridgehead atoms. The Morgan fingerprint density at radius 3 is 2.36 bits per heavy atom. The number of aliphatic hydroxyl groups is 1.